The number of fused-ring (bicyclic) bond motifs is 2. The van der Waals surface area contributed by atoms with Gasteiger partial charge in [0.25, 0.3) is 0 Å². The summed E-state index contributed by atoms with van der Waals surface area (Å²) in [6.07, 6.45) is 8.76. The minimum absolute atomic E-state index is 0.192. The first-order valence-corrected chi connectivity index (χ1v) is 7.21. The highest BCUT2D eigenvalue weighted by Crippen LogP contribution is 2.48. The zero-order valence-electron chi connectivity index (χ0n) is 10.5. The lowest BCUT2D eigenvalue weighted by Gasteiger charge is -2.36. The molecule has 96 valence electrons. The van der Waals surface area contributed by atoms with E-state index in [1.54, 1.807) is 0 Å². The number of hydrogen-bond donors (Lipinski definition) is 1. The fraction of sp³-hybridized carbons (Fsp3) is 0.929. The van der Waals surface area contributed by atoms with Crippen LogP contribution in [0.4, 0.5) is 0 Å². The Balaban J connectivity index is 1.61. The number of carbonyl (C=O) groups is 1. The Morgan fingerprint density at radius 1 is 1.18 bits per heavy atom. The average Bonchev–Trinajstić information content (AvgIpc) is 2.91. The minimum Gasteiger partial charge on any atom is -0.480 e. The van der Waals surface area contributed by atoms with Crippen molar-refractivity contribution in [3.8, 4) is 0 Å². The maximum Gasteiger partial charge on any atom is 0.320 e. The van der Waals surface area contributed by atoms with Crippen molar-refractivity contribution < 1.29 is 9.90 Å². The van der Waals surface area contributed by atoms with E-state index < -0.39 is 5.97 Å². The Hall–Kier alpha value is -0.570. The molecular weight excluding hydrogens is 214 g/mol. The van der Waals surface area contributed by atoms with Crippen molar-refractivity contribution in [2.45, 2.75) is 51.0 Å². The molecule has 17 heavy (non-hydrogen) atoms. The van der Waals surface area contributed by atoms with Gasteiger partial charge in [0.05, 0.1) is 0 Å². The molecule has 1 heterocycles. The molecule has 0 radical (unpaired) electrons. The van der Waals surface area contributed by atoms with Gasteiger partial charge < -0.3 is 5.11 Å². The molecule has 0 aromatic rings. The van der Waals surface area contributed by atoms with Crippen LogP contribution in [0.3, 0.4) is 0 Å². The third kappa shape index (κ3) is 2.22. The number of rotatable bonds is 3. The molecular formula is C14H23NO2. The molecule has 4 atom stereocenters. The smallest absolute Gasteiger partial charge is 0.320 e. The first-order chi connectivity index (χ1) is 8.24. The van der Waals surface area contributed by atoms with Crippen LogP contribution in [0, 0.1) is 17.8 Å². The fourth-order valence-corrected chi connectivity index (χ4v) is 4.39. The molecule has 2 bridgehead atoms. The highest BCUT2D eigenvalue weighted by molar-refractivity contribution is 5.73. The molecule has 1 saturated heterocycles. The van der Waals surface area contributed by atoms with Crippen LogP contribution in [0.5, 0.6) is 0 Å². The first kappa shape index (κ1) is 11.5. The van der Waals surface area contributed by atoms with Crippen LogP contribution in [0.15, 0.2) is 0 Å². The monoisotopic (exact) mass is 237 g/mol. The summed E-state index contributed by atoms with van der Waals surface area (Å²) in [4.78, 5) is 13.5. The van der Waals surface area contributed by atoms with E-state index in [9.17, 15) is 9.90 Å². The molecule has 3 aliphatic rings. The Kier molecular flexibility index (Phi) is 3.12. The van der Waals surface area contributed by atoms with Gasteiger partial charge in [-0.15, -0.1) is 0 Å². The normalized spacial score (nSPS) is 41.9. The van der Waals surface area contributed by atoms with Gasteiger partial charge in [0, 0.05) is 6.54 Å². The van der Waals surface area contributed by atoms with E-state index in [1.165, 1.54) is 32.1 Å². The van der Waals surface area contributed by atoms with Crippen LogP contribution in [0.25, 0.3) is 0 Å². The van der Waals surface area contributed by atoms with Crippen molar-refractivity contribution in [2.75, 3.05) is 13.1 Å². The lowest BCUT2D eigenvalue weighted by Crippen LogP contribution is -2.47. The predicted octanol–water partition coefficient (Wildman–Crippen LogP) is 2.36. The van der Waals surface area contributed by atoms with Crippen LogP contribution in [-0.4, -0.2) is 35.1 Å². The van der Waals surface area contributed by atoms with Crippen LogP contribution in [0.2, 0.25) is 0 Å². The molecule has 0 aromatic carbocycles. The van der Waals surface area contributed by atoms with Crippen molar-refractivity contribution in [2.24, 2.45) is 17.8 Å². The number of likely N-dealkylation sites (tertiary alicyclic amines) is 1. The molecule has 2 saturated carbocycles. The fourth-order valence-electron chi connectivity index (χ4n) is 4.39. The summed E-state index contributed by atoms with van der Waals surface area (Å²) in [5.74, 6) is 2.08. The Morgan fingerprint density at radius 2 is 2.06 bits per heavy atom. The molecule has 1 aliphatic heterocycles. The lowest BCUT2D eigenvalue weighted by atomic mass is 9.87. The number of aliphatic carboxylic acids is 1. The van der Waals surface area contributed by atoms with Gasteiger partial charge >= 0.3 is 5.97 Å². The first-order valence-electron chi connectivity index (χ1n) is 7.21. The zero-order chi connectivity index (χ0) is 11.8. The van der Waals surface area contributed by atoms with Crippen LogP contribution < -0.4 is 0 Å². The maximum atomic E-state index is 11.3. The van der Waals surface area contributed by atoms with Crippen molar-refractivity contribution in [3.05, 3.63) is 0 Å². The molecule has 3 nitrogen and oxygen atoms in total. The minimum atomic E-state index is -0.604. The molecule has 1 N–H and O–H groups in total. The molecule has 3 fully saturated rings. The summed E-state index contributed by atoms with van der Waals surface area (Å²) in [5, 5.41) is 9.27. The van der Waals surface area contributed by atoms with E-state index in [-0.39, 0.29) is 6.04 Å². The van der Waals surface area contributed by atoms with E-state index >= 15 is 0 Å². The van der Waals surface area contributed by atoms with Gasteiger partial charge in [-0.1, -0.05) is 12.8 Å². The molecule has 0 amide bonds. The summed E-state index contributed by atoms with van der Waals surface area (Å²) in [7, 11) is 0. The van der Waals surface area contributed by atoms with Crippen LogP contribution >= 0.6 is 0 Å². The van der Waals surface area contributed by atoms with Crippen molar-refractivity contribution in [1.82, 2.24) is 4.90 Å². The Bertz CT molecular complexity index is 305. The molecule has 4 unspecified atom stereocenters. The highest BCUT2D eigenvalue weighted by Gasteiger charge is 2.41. The maximum absolute atomic E-state index is 11.3. The molecule has 3 rings (SSSR count). The second-order valence-electron chi connectivity index (χ2n) is 6.28. The zero-order valence-corrected chi connectivity index (χ0v) is 10.5. The Morgan fingerprint density at radius 3 is 2.71 bits per heavy atom. The summed E-state index contributed by atoms with van der Waals surface area (Å²) < 4.78 is 0. The van der Waals surface area contributed by atoms with Crippen LogP contribution in [-0.2, 0) is 4.79 Å². The summed E-state index contributed by atoms with van der Waals surface area (Å²) >= 11 is 0. The largest absolute Gasteiger partial charge is 0.480 e. The topological polar surface area (TPSA) is 40.5 Å². The lowest BCUT2D eigenvalue weighted by molar-refractivity contribution is -0.145. The quantitative estimate of drug-likeness (QED) is 0.819. The van der Waals surface area contributed by atoms with E-state index in [1.807, 2.05) is 0 Å². The SMILES string of the molecule is O=C(O)C1CCCCN1CC1CC2CCC1C2. The molecule has 0 aromatic heterocycles. The number of carboxylic acids is 1. The van der Waals surface area contributed by atoms with Crippen molar-refractivity contribution >= 4 is 5.97 Å². The molecule has 3 heteroatoms. The van der Waals surface area contributed by atoms with Gasteiger partial charge in [0.15, 0.2) is 0 Å². The average molecular weight is 237 g/mol. The molecule has 2 aliphatic carbocycles. The van der Waals surface area contributed by atoms with E-state index in [2.05, 4.69) is 4.90 Å². The summed E-state index contributed by atoms with van der Waals surface area (Å²) in [6, 6.07) is -0.192. The van der Waals surface area contributed by atoms with Gasteiger partial charge in [-0.3, -0.25) is 9.69 Å². The second-order valence-corrected chi connectivity index (χ2v) is 6.28. The van der Waals surface area contributed by atoms with E-state index in [4.69, 9.17) is 0 Å². The predicted molar refractivity (Wildman–Crippen MR) is 65.8 cm³/mol. The van der Waals surface area contributed by atoms with Crippen molar-refractivity contribution in [1.29, 1.82) is 0 Å². The van der Waals surface area contributed by atoms with Gasteiger partial charge in [0.2, 0.25) is 0 Å². The molecule has 0 spiro atoms. The number of hydrogen-bond acceptors (Lipinski definition) is 2. The standard InChI is InChI=1S/C14H23NO2/c16-14(17)13-3-1-2-6-15(13)9-12-8-10-4-5-11(12)7-10/h10-13H,1-9H2,(H,16,17). The van der Waals surface area contributed by atoms with E-state index in [0.29, 0.717) is 0 Å². The number of nitrogens with zero attached hydrogens (tertiary/aromatic N) is 1. The summed E-state index contributed by atoms with van der Waals surface area (Å²) in [5.41, 5.74) is 0. The van der Waals surface area contributed by atoms with Crippen LogP contribution in [0.1, 0.15) is 44.9 Å². The number of piperidine rings is 1. The van der Waals surface area contributed by atoms with E-state index in [0.717, 1.165) is 43.7 Å². The van der Waals surface area contributed by atoms with Crippen molar-refractivity contribution in [3.63, 3.8) is 0 Å². The third-order valence-electron chi connectivity index (χ3n) is 5.25. The van der Waals surface area contributed by atoms with Gasteiger partial charge in [-0.05, 0) is 56.4 Å². The second kappa shape index (κ2) is 4.60. The third-order valence-corrected chi connectivity index (χ3v) is 5.25. The van der Waals surface area contributed by atoms with Gasteiger partial charge in [0.1, 0.15) is 6.04 Å². The van der Waals surface area contributed by atoms with Gasteiger partial charge in [-0.25, -0.2) is 0 Å². The number of carboxylic acid groups (broad SMARTS) is 1. The summed E-state index contributed by atoms with van der Waals surface area (Å²) in [6.45, 7) is 2.06. The highest BCUT2D eigenvalue weighted by atomic mass is 16.4. The Labute approximate surface area is 103 Å². The van der Waals surface area contributed by atoms with Gasteiger partial charge in [-0.2, -0.15) is 0 Å².